The number of oxime groups is 1. The Morgan fingerprint density at radius 3 is 2.30 bits per heavy atom. The number of benzene rings is 2. The lowest BCUT2D eigenvalue weighted by Gasteiger charge is -2.31. The molecule has 0 unspecified atom stereocenters. The van der Waals surface area contributed by atoms with E-state index in [4.69, 9.17) is 4.84 Å². The summed E-state index contributed by atoms with van der Waals surface area (Å²) in [6.07, 6.45) is 0. The van der Waals surface area contributed by atoms with Gasteiger partial charge >= 0.3 is 6.03 Å². The van der Waals surface area contributed by atoms with Crippen molar-refractivity contribution in [2.45, 2.75) is 33.4 Å². The Bertz CT molecular complexity index is 886. The fourth-order valence-corrected chi connectivity index (χ4v) is 2.86. The molecule has 1 aliphatic rings. The van der Waals surface area contributed by atoms with E-state index >= 15 is 0 Å². The molecule has 0 aromatic heterocycles. The van der Waals surface area contributed by atoms with Crippen molar-refractivity contribution in [3.05, 3.63) is 70.8 Å². The molecule has 140 valence electrons. The van der Waals surface area contributed by atoms with Crippen LogP contribution in [0.2, 0.25) is 0 Å². The number of hydrogen-bond donors (Lipinski definition) is 2. The molecule has 0 saturated carbocycles. The van der Waals surface area contributed by atoms with Crippen LogP contribution in [0, 0.1) is 13.8 Å². The molecule has 2 aromatic carbocycles. The first-order chi connectivity index (χ1) is 12.8. The molecule has 1 heterocycles. The van der Waals surface area contributed by atoms with Crippen molar-refractivity contribution in [3.8, 4) is 0 Å². The third-order valence-electron chi connectivity index (χ3n) is 4.06. The monoisotopic (exact) mass is 366 g/mol. The van der Waals surface area contributed by atoms with E-state index in [0.29, 0.717) is 11.4 Å². The van der Waals surface area contributed by atoms with Crippen molar-refractivity contribution in [2.75, 3.05) is 0 Å². The predicted octanol–water partition coefficient (Wildman–Crippen LogP) is 3.09. The molecule has 3 rings (SSSR count). The van der Waals surface area contributed by atoms with E-state index in [1.54, 1.807) is 44.2 Å². The van der Waals surface area contributed by atoms with Gasteiger partial charge in [-0.2, -0.15) is 0 Å². The Labute approximate surface area is 158 Å². The maximum atomic E-state index is 12.4. The van der Waals surface area contributed by atoms with E-state index in [1.165, 1.54) is 5.01 Å². The first kappa shape index (κ1) is 18.4. The van der Waals surface area contributed by atoms with Crippen LogP contribution in [-0.2, 0) is 4.84 Å². The minimum Gasteiger partial charge on any atom is -0.364 e. The lowest BCUT2D eigenvalue weighted by Crippen LogP contribution is -2.57. The van der Waals surface area contributed by atoms with Crippen LogP contribution in [-0.4, -0.2) is 28.5 Å². The Hall–Kier alpha value is -3.35. The van der Waals surface area contributed by atoms with E-state index in [9.17, 15) is 9.59 Å². The second-order valence-corrected chi connectivity index (χ2v) is 6.93. The topological polar surface area (TPSA) is 83.0 Å². The number of urea groups is 1. The maximum Gasteiger partial charge on any atom is 0.340 e. The van der Waals surface area contributed by atoms with Crippen LogP contribution < -0.4 is 10.7 Å². The zero-order chi connectivity index (χ0) is 19.6. The van der Waals surface area contributed by atoms with E-state index in [-0.39, 0.29) is 0 Å². The highest BCUT2D eigenvalue weighted by Crippen LogP contribution is 2.25. The summed E-state index contributed by atoms with van der Waals surface area (Å²) in [4.78, 5) is 30.0. The van der Waals surface area contributed by atoms with Gasteiger partial charge in [-0.05, 0) is 52.0 Å². The number of nitrogens with zero attached hydrogens (tertiary/aromatic N) is 2. The normalized spacial score (nSPS) is 15.0. The third-order valence-corrected chi connectivity index (χ3v) is 4.06. The molecule has 1 aliphatic heterocycles. The minimum atomic E-state index is -0.903. The van der Waals surface area contributed by atoms with Gasteiger partial charge < -0.3 is 4.84 Å². The van der Waals surface area contributed by atoms with Gasteiger partial charge in [0.2, 0.25) is 5.72 Å². The first-order valence-corrected chi connectivity index (χ1v) is 8.58. The summed E-state index contributed by atoms with van der Waals surface area (Å²) in [5.74, 6) is -0.0231. The molecule has 0 atom stereocenters. The highest BCUT2D eigenvalue weighted by atomic mass is 16.7. The zero-order valence-electron chi connectivity index (χ0n) is 15.7. The lowest BCUT2D eigenvalue weighted by atomic mass is 10.1. The van der Waals surface area contributed by atoms with Crippen molar-refractivity contribution in [1.82, 2.24) is 15.8 Å². The predicted molar refractivity (Wildman–Crippen MR) is 102 cm³/mol. The molecule has 2 aromatic rings. The highest BCUT2D eigenvalue weighted by Gasteiger charge is 2.40. The molecule has 7 nitrogen and oxygen atoms in total. The van der Waals surface area contributed by atoms with Gasteiger partial charge in [-0.15, -0.1) is 0 Å². The van der Waals surface area contributed by atoms with Crippen molar-refractivity contribution in [1.29, 1.82) is 0 Å². The summed E-state index contributed by atoms with van der Waals surface area (Å²) in [6.45, 7) is 7.51. The molecule has 0 spiro atoms. The maximum absolute atomic E-state index is 12.4. The summed E-state index contributed by atoms with van der Waals surface area (Å²) < 4.78 is 0. The van der Waals surface area contributed by atoms with Crippen molar-refractivity contribution in [3.63, 3.8) is 0 Å². The fourth-order valence-electron chi connectivity index (χ4n) is 2.86. The van der Waals surface area contributed by atoms with Gasteiger partial charge in [0.05, 0.1) is 0 Å². The van der Waals surface area contributed by atoms with Crippen LogP contribution in [0.5, 0.6) is 0 Å². The summed E-state index contributed by atoms with van der Waals surface area (Å²) in [5, 5.41) is 7.95. The van der Waals surface area contributed by atoms with Crippen LogP contribution in [0.4, 0.5) is 4.79 Å². The fraction of sp³-hybridized carbons (Fsp3) is 0.250. The standard InChI is InChI=1S/C20H22N4O3/c1-13-10-14(2)12-16(11-13)17-23-27-20(3,4)24(17)22-19(26)21-18(25)15-8-6-5-7-9-15/h5-12H,1-4H3,(H2,21,22,25,26). The molecule has 0 radical (unpaired) electrons. The Morgan fingerprint density at radius 2 is 1.67 bits per heavy atom. The number of amidine groups is 1. The van der Waals surface area contributed by atoms with Crippen molar-refractivity contribution in [2.24, 2.45) is 5.16 Å². The molecule has 2 N–H and O–H groups in total. The van der Waals surface area contributed by atoms with E-state index in [2.05, 4.69) is 15.9 Å². The second-order valence-electron chi connectivity index (χ2n) is 6.93. The molecule has 0 bridgehead atoms. The molecule has 0 fully saturated rings. The summed E-state index contributed by atoms with van der Waals surface area (Å²) in [5.41, 5.74) is 5.11. The van der Waals surface area contributed by atoms with Crippen molar-refractivity contribution < 1.29 is 14.4 Å². The largest absolute Gasteiger partial charge is 0.364 e. The summed E-state index contributed by atoms with van der Waals surface area (Å²) in [7, 11) is 0. The van der Waals surface area contributed by atoms with Gasteiger partial charge in [0.25, 0.3) is 5.91 Å². The zero-order valence-corrected chi connectivity index (χ0v) is 15.7. The second kappa shape index (κ2) is 7.11. The van der Waals surface area contributed by atoms with Gasteiger partial charge in [-0.1, -0.05) is 40.5 Å². The summed E-state index contributed by atoms with van der Waals surface area (Å²) >= 11 is 0. The molecular weight excluding hydrogens is 344 g/mol. The number of imide groups is 1. The van der Waals surface area contributed by atoms with Crippen LogP contribution in [0.1, 0.15) is 40.9 Å². The van der Waals surface area contributed by atoms with Gasteiger partial charge in [0.15, 0.2) is 5.84 Å². The number of rotatable bonds is 3. The van der Waals surface area contributed by atoms with Crippen LogP contribution in [0.25, 0.3) is 0 Å². The SMILES string of the molecule is Cc1cc(C)cc(C2=NOC(C)(C)N2NC(=O)NC(=O)c2ccccc2)c1. The number of nitrogens with one attached hydrogen (secondary N) is 2. The van der Waals surface area contributed by atoms with E-state index < -0.39 is 17.7 Å². The number of carbonyl (C=O) groups excluding carboxylic acids is 2. The third kappa shape index (κ3) is 4.08. The molecule has 7 heteroatoms. The Kier molecular flexibility index (Phi) is 4.85. The van der Waals surface area contributed by atoms with E-state index in [0.717, 1.165) is 16.7 Å². The van der Waals surface area contributed by atoms with Gasteiger partial charge in [0, 0.05) is 11.1 Å². The average Bonchev–Trinajstić information content (AvgIpc) is 2.89. The molecular formula is C20H22N4O3. The van der Waals surface area contributed by atoms with Crippen LogP contribution in [0.3, 0.4) is 0 Å². The number of hydrogen-bond acceptors (Lipinski definition) is 5. The van der Waals surface area contributed by atoms with E-state index in [1.807, 2.05) is 32.0 Å². The Morgan fingerprint density at radius 1 is 1.04 bits per heavy atom. The van der Waals surface area contributed by atoms with Crippen LogP contribution >= 0.6 is 0 Å². The highest BCUT2D eigenvalue weighted by molar-refractivity contribution is 6.05. The number of aryl methyl sites for hydroxylation is 2. The number of carbonyl (C=O) groups is 2. The quantitative estimate of drug-likeness (QED) is 0.874. The van der Waals surface area contributed by atoms with Gasteiger partial charge in [0.1, 0.15) is 0 Å². The lowest BCUT2D eigenvalue weighted by molar-refractivity contribution is -0.0810. The Balaban J connectivity index is 1.77. The summed E-state index contributed by atoms with van der Waals surface area (Å²) in [6, 6.07) is 13.8. The smallest absolute Gasteiger partial charge is 0.340 e. The number of hydrazine groups is 1. The number of amides is 3. The van der Waals surface area contributed by atoms with Gasteiger partial charge in [-0.25, -0.2) is 15.2 Å². The molecule has 27 heavy (non-hydrogen) atoms. The minimum absolute atomic E-state index is 0.396. The average molecular weight is 366 g/mol. The van der Waals surface area contributed by atoms with Crippen LogP contribution in [0.15, 0.2) is 53.7 Å². The molecule has 0 aliphatic carbocycles. The first-order valence-electron chi connectivity index (χ1n) is 8.58. The van der Waals surface area contributed by atoms with Gasteiger partial charge in [-0.3, -0.25) is 10.1 Å². The molecule has 0 saturated heterocycles. The molecule has 3 amide bonds. The van der Waals surface area contributed by atoms with Crippen molar-refractivity contribution >= 4 is 17.8 Å².